The first-order valence-corrected chi connectivity index (χ1v) is 4.29. The van der Waals surface area contributed by atoms with Crippen molar-refractivity contribution in [2.45, 2.75) is 0 Å². The Bertz CT molecular complexity index is 327. The molecule has 1 aromatic carbocycles. The van der Waals surface area contributed by atoms with E-state index in [1.54, 1.807) is 11.1 Å². The predicted octanol–water partition coefficient (Wildman–Crippen LogP) is 0.897. The Hall–Kier alpha value is -1.84. The van der Waals surface area contributed by atoms with Gasteiger partial charge in [-0.1, -0.05) is 30.3 Å². The molecule has 1 aromatic rings. The molecule has 0 heterocycles. The van der Waals surface area contributed by atoms with Gasteiger partial charge in [-0.05, 0) is 5.56 Å². The molecule has 0 saturated heterocycles. The lowest BCUT2D eigenvalue weighted by molar-refractivity contribution is 0.611. The van der Waals surface area contributed by atoms with Crippen molar-refractivity contribution in [2.24, 2.45) is 15.9 Å². The highest BCUT2D eigenvalue weighted by atomic mass is 15.3. The molecule has 0 atom stereocenters. The van der Waals surface area contributed by atoms with Gasteiger partial charge in [0.25, 0.3) is 0 Å². The molecule has 2 N–H and O–H groups in total. The Labute approximate surface area is 83.8 Å². The number of hydrogen-bond donors (Lipinski definition) is 1. The van der Waals surface area contributed by atoms with Crippen LogP contribution in [0.25, 0.3) is 0 Å². The van der Waals surface area contributed by atoms with Crippen LogP contribution in [0.5, 0.6) is 0 Å². The van der Waals surface area contributed by atoms with Crippen molar-refractivity contribution in [3.63, 3.8) is 0 Å². The van der Waals surface area contributed by atoms with E-state index in [0.717, 1.165) is 5.56 Å². The van der Waals surface area contributed by atoms with Gasteiger partial charge in [0, 0.05) is 14.1 Å². The number of hydrogen-bond acceptors (Lipinski definition) is 2. The van der Waals surface area contributed by atoms with Gasteiger partial charge in [0.1, 0.15) is 0 Å². The van der Waals surface area contributed by atoms with Gasteiger partial charge in [-0.3, -0.25) is 0 Å². The maximum atomic E-state index is 5.54. The van der Waals surface area contributed by atoms with Crippen molar-refractivity contribution >= 4 is 12.2 Å². The van der Waals surface area contributed by atoms with E-state index in [-0.39, 0.29) is 0 Å². The van der Waals surface area contributed by atoms with Crippen LogP contribution >= 0.6 is 0 Å². The average Bonchev–Trinajstić information content (AvgIpc) is 2.19. The fourth-order valence-electron chi connectivity index (χ4n) is 0.783. The van der Waals surface area contributed by atoms with Crippen LogP contribution in [0.15, 0.2) is 40.5 Å². The summed E-state index contributed by atoms with van der Waals surface area (Å²) in [6.07, 6.45) is 1.66. The minimum atomic E-state index is 0.386. The Kier molecular flexibility index (Phi) is 3.67. The third-order valence-electron chi connectivity index (χ3n) is 1.62. The van der Waals surface area contributed by atoms with E-state index in [1.165, 1.54) is 0 Å². The third-order valence-corrected chi connectivity index (χ3v) is 1.62. The largest absolute Gasteiger partial charge is 0.368 e. The van der Waals surface area contributed by atoms with E-state index in [4.69, 9.17) is 5.73 Å². The summed E-state index contributed by atoms with van der Waals surface area (Å²) in [5, 5.41) is 7.67. The zero-order valence-electron chi connectivity index (χ0n) is 8.38. The van der Waals surface area contributed by atoms with Crippen LogP contribution in [0, 0.1) is 0 Å². The fourth-order valence-corrected chi connectivity index (χ4v) is 0.783. The highest BCUT2D eigenvalue weighted by molar-refractivity contribution is 5.81. The monoisotopic (exact) mass is 190 g/mol. The summed E-state index contributed by atoms with van der Waals surface area (Å²) in [4.78, 5) is 1.70. The Balaban J connectivity index is 2.62. The summed E-state index contributed by atoms with van der Waals surface area (Å²) in [6, 6.07) is 9.74. The molecule has 0 radical (unpaired) electrons. The Morgan fingerprint density at radius 3 is 2.50 bits per heavy atom. The van der Waals surface area contributed by atoms with Crippen molar-refractivity contribution in [3.8, 4) is 0 Å². The van der Waals surface area contributed by atoms with E-state index in [9.17, 15) is 0 Å². The van der Waals surface area contributed by atoms with Gasteiger partial charge < -0.3 is 10.6 Å². The second kappa shape index (κ2) is 5.01. The topological polar surface area (TPSA) is 54.0 Å². The maximum absolute atomic E-state index is 5.54. The second-order valence-electron chi connectivity index (χ2n) is 3.01. The van der Waals surface area contributed by atoms with Crippen LogP contribution in [-0.2, 0) is 0 Å². The van der Waals surface area contributed by atoms with E-state index >= 15 is 0 Å². The van der Waals surface area contributed by atoms with Crippen molar-refractivity contribution in [3.05, 3.63) is 35.9 Å². The summed E-state index contributed by atoms with van der Waals surface area (Å²) in [6.45, 7) is 0. The number of benzene rings is 1. The molecule has 0 amide bonds. The first-order chi connectivity index (χ1) is 6.70. The van der Waals surface area contributed by atoms with Gasteiger partial charge in [0.05, 0.1) is 6.21 Å². The molecule has 4 heteroatoms. The van der Waals surface area contributed by atoms with Gasteiger partial charge in [0.2, 0.25) is 5.96 Å². The molecule has 0 spiro atoms. The van der Waals surface area contributed by atoms with Gasteiger partial charge in [-0.25, -0.2) is 0 Å². The standard InChI is InChI=1S/C10H14N4/c1-14(2)10(11)13-12-8-9-6-4-3-5-7-9/h3-8H,1-2H3,(H2,11,13)/b12-8+. The third kappa shape index (κ3) is 3.26. The first-order valence-electron chi connectivity index (χ1n) is 4.29. The summed E-state index contributed by atoms with van der Waals surface area (Å²) in [5.74, 6) is 0.386. The molecule has 0 fully saturated rings. The van der Waals surface area contributed by atoms with Crippen LogP contribution in [-0.4, -0.2) is 31.2 Å². The van der Waals surface area contributed by atoms with Crippen molar-refractivity contribution in [2.75, 3.05) is 14.1 Å². The lowest BCUT2D eigenvalue weighted by atomic mass is 10.2. The molecule has 0 aliphatic rings. The number of nitrogens with two attached hydrogens (primary N) is 1. The fraction of sp³-hybridized carbons (Fsp3) is 0.200. The highest BCUT2D eigenvalue weighted by Crippen LogP contribution is 1.93. The molecule has 0 saturated carbocycles. The molecule has 0 aliphatic carbocycles. The summed E-state index contributed by atoms with van der Waals surface area (Å²) in [5.41, 5.74) is 6.55. The molecule has 74 valence electrons. The predicted molar refractivity (Wildman–Crippen MR) is 59.3 cm³/mol. The lowest BCUT2D eigenvalue weighted by Crippen LogP contribution is -2.29. The van der Waals surface area contributed by atoms with Crippen molar-refractivity contribution in [1.82, 2.24) is 4.90 Å². The van der Waals surface area contributed by atoms with Crippen molar-refractivity contribution < 1.29 is 0 Å². The highest BCUT2D eigenvalue weighted by Gasteiger charge is 1.90. The van der Waals surface area contributed by atoms with Crippen LogP contribution < -0.4 is 5.73 Å². The van der Waals surface area contributed by atoms with Gasteiger partial charge in [-0.2, -0.15) is 5.10 Å². The molecule has 0 bridgehead atoms. The number of rotatable bonds is 2. The van der Waals surface area contributed by atoms with Crippen LogP contribution in [0.2, 0.25) is 0 Å². The zero-order valence-corrected chi connectivity index (χ0v) is 8.38. The molecule has 1 rings (SSSR count). The molecular weight excluding hydrogens is 176 g/mol. The molecular formula is C10H14N4. The van der Waals surface area contributed by atoms with E-state index in [0.29, 0.717) is 5.96 Å². The van der Waals surface area contributed by atoms with Crippen molar-refractivity contribution in [1.29, 1.82) is 0 Å². The smallest absolute Gasteiger partial charge is 0.215 e. The lowest BCUT2D eigenvalue weighted by Gasteiger charge is -2.07. The number of guanidine groups is 1. The number of nitrogens with zero attached hydrogens (tertiary/aromatic N) is 3. The molecule has 4 nitrogen and oxygen atoms in total. The summed E-state index contributed by atoms with van der Waals surface area (Å²) >= 11 is 0. The average molecular weight is 190 g/mol. The Morgan fingerprint density at radius 1 is 1.29 bits per heavy atom. The SMILES string of the molecule is CN(C)/C(N)=N/N=C/c1ccccc1. The van der Waals surface area contributed by atoms with Crippen LogP contribution in [0.4, 0.5) is 0 Å². The quantitative estimate of drug-likeness (QED) is 0.428. The normalized spacial score (nSPS) is 12.0. The molecule has 0 unspecified atom stereocenters. The van der Waals surface area contributed by atoms with Gasteiger partial charge >= 0.3 is 0 Å². The molecule has 14 heavy (non-hydrogen) atoms. The van der Waals surface area contributed by atoms with E-state index in [1.807, 2.05) is 44.4 Å². The van der Waals surface area contributed by atoms with E-state index in [2.05, 4.69) is 10.2 Å². The molecule has 0 aromatic heterocycles. The van der Waals surface area contributed by atoms with Crippen LogP contribution in [0.3, 0.4) is 0 Å². The van der Waals surface area contributed by atoms with E-state index < -0.39 is 0 Å². The summed E-state index contributed by atoms with van der Waals surface area (Å²) < 4.78 is 0. The van der Waals surface area contributed by atoms with Crippen LogP contribution in [0.1, 0.15) is 5.56 Å². The minimum absolute atomic E-state index is 0.386. The second-order valence-corrected chi connectivity index (χ2v) is 3.01. The first kappa shape index (κ1) is 10.2. The zero-order chi connectivity index (χ0) is 10.4. The van der Waals surface area contributed by atoms with Gasteiger partial charge in [0.15, 0.2) is 0 Å². The van der Waals surface area contributed by atoms with Gasteiger partial charge in [-0.15, -0.1) is 5.10 Å². The summed E-state index contributed by atoms with van der Waals surface area (Å²) in [7, 11) is 3.63. The molecule has 0 aliphatic heterocycles. The maximum Gasteiger partial charge on any atom is 0.215 e. The minimum Gasteiger partial charge on any atom is -0.368 e. The Morgan fingerprint density at radius 2 is 1.93 bits per heavy atom.